The highest BCUT2D eigenvalue weighted by Crippen LogP contribution is 2.46. The Kier molecular flexibility index (Phi) is 4.60. The summed E-state index contributed by atoms with van der Waals surface area (Å²) >= 11 is 0.542. The predicted octanol–water partition coefficient (Wildman–Crippen LogP) is 3.21. The molecule has 0 saturated carbocycles. The van der Waals surface area contributed by atoms with Crippen LogP contribution < -0.4 is 0 Å². The van der Waals surface area contributed by atoms with Crippen LogP contribution in [0.25, 0.3) is 32.3 Å². The Hall–Kier alpha value is -2.23. The van der Waals surface area contributed by atoms with Gasteiger partial charge in [0.2, 0.25) is 0 Å². The van der Waals surface area contributed by atoms with Gasteiger partial charge < -0.3 is 5.11 Å². The minimum absolute atomic E-state index is 0.0433. The highest BCUT2D eigenvalue weighted by atomic mass is 32.2. The maximum absolute atomic E-state index is 12.0. The lowest BCUT2D eigenvalue weighted by atomic mass is 9.93. The van der Waals surface area contributed by atoms with Crippen LogP contribution in [0.1, 0.15) is 0 Å². The average molecular weight is 458 g/mol. The van der Waals surface area contributed by atoms with Crippen molar-refractivity contribution < 1.29 is 45.7 Å². The normalized spacial score (nSPS) is 13.1. The van der Waals surface area contributed by atoms with E-state index in [0.29, 0.717) is 12.0 Å². The fraction of sp³-hybridized carbons (Fsp3) is 0. The van der Waals surface area contributed by atoms with Gasteiger partial charge in [-0.25, -0.2) is 5.26 Å². The summed E-state index contributed by atoms with van der Waals surface area (Å²) in [5.74, 6) is -0.261. The third-order valence-corrected chi connectivity index (χ3v) is 6.94. The minimum atomic E-state index is -4.79. The lowest BCUT2D eigenvalue weighted by molar-refractivity contribution is -0.432. The van der Waals surface area contributed by atoms with Crippen LogP contribution in [-0.4, -0.2) is 36.3 Å². The Labute approximate surface area is 167 Å². The van der Waals surface area contributed by atoms with Crippen molar-refractivity contribution in [2.45, 2.75) is 14.7 Å². The zero-order valence-corrected chi connectivity index (χ0v) is 16.4. The van der Waals surface area contributed by atoms with E-state index in [0.717, 1.165) is 12.1 Å². The molecule has 0 aromatic heterocycles. The molecule has 13 heteroatoms. The lowest BCUT2D eigenvalue weighted by Gasteiger charge is -2.17. The Balaban J connectivity index is 2.35. The van der Waals surface area contributed by atoms with Gasteiger partial charge in [0.25, 0.3) is 20.2 Å². The van der Waals surface area contributed by atoms with E-state index in [4.69, 9.17) is 5.26 Å². The molecule has 0 aliphatic heterocycles. The summed E-state index contributed by atoms with van der Waals surface area (Å²) in [6, 6.07) is 7.22. The molecule has 10 nitrogen and oxygen atoms in total. The summed E-state index contributed by atoms with van der Waals surface area (Å²) in [5.41, 5.74) is 0. The van der Waals surface area contributed by atoms with E-state index in [1.54, 1.807) is 0 Å². The molecule has 0 bridgehead atoms. The molecule has 0 saturated heterocycles. The number of benzene rings is 4. The molecule has 29 heavy (non-hydrogen) atoms. The van der Waals surface area contributed by atoms with Gasteiger partial charge in [0.05, 0.1) is 12.0 Å². The number of phenolic OH excluding ortho intramolecular Hbond substituents is 1. The highest BCUT2D eigenvalue weighted by Gasteiger charge is 2.26. The van der Waals surface area contributed by atoms with E-state index in [1.165, 1.54) is 24.3 Å². The molecule has 4 aromatic rings. The van der Waals surface area contributed by atoms with Gasteiger partial charge in [-0.1, -0.05) is 11.1 Å². The molecule has 4 aromatic carbocycles. The number of phenols is 1. The third kappa shape index (κ3) is 3.17. The molecule has 0 unspecified atom stereocenters. The van der Waals surface area contributed by atoms with Gasteiger partial charge in [-0.2, -0.15) is 16.8 Å². The molecule has 0 heterocycles. The second-order valence-corrected chi connectivity index (χ2v) is 9.54. The fourth-order valence-corrected chi connectivity index (χ4v) is 5.30. The van der Waals surface area contributed by atoms with Crippen LogP contribution in [0.5, 0.6) is 5.75 Å². The molecule has 0 atom stereocenters. The molecule has 0 spiro atoms. The van der Waals surface area contributed by atoms with Crippen molar-refractivity contribution in [2.75, 3.05) is 0 Å². The molecule has 4 rings (SSSR count). The molecule has 0 radical (unpaired) electrons. The van der Waals surface area contributed by atoms with Crippen molar-refractivity contribution in [2.24, 2.45) is 0 Å². The fourth-order valence-electron chi connectivity index (χ4n) is 3.43. The summed E-state index contributed by atoms with van der Waals surface area (Å²) in [4.78, 5) is -0.916. The van der Waals surface area contributed by atoms with Gasteiger partial charge in [-0.05, 0) is 30.3 Å². The van der Waals surface area contributed by atoms with Crippen LogP contribution >= 0.6 is 12.0 Å². The minimum Gasteiger partial charge on any atom is -0.507 e. The topological polar surface area (TPSA) is 168 Å². The molecule has 0 amide bonds. The summed E-state index contributed by atoms with van der Waals surface area (Å²) in [6.45, 7) is 0. The Morgan fingerprint density at radius 1 is 0.759 bits per heavy atom. The Morgan fingerprint density at radius 2 is 1.38 bits per heavy atom. The van der Waals surface area contributed by atoms with Gasteiger partial charge in [0.15, 0.2) is 0 Å². The average Bonchev–Trinajstić information content (AvgIpc) is 2.63. The van der Waals surface area contributed by atoms with Crippen molar-refractivity contribution >= 4 is 64.6 Å². The predicted molar refractivity (Wildman–Crippen MR) is 102 cm³/mol. The van der Waals surface area contributed by atoms with Crippen LogP contribution in [0.2, 0.25) is 0 Å². The van der Waals surface area contributed by atoms with Gasteiger partial charge >= 0.3 is 0 Å². The molecule has 0 aliphatic carbocycles. The monoisotopic (exact) mass is 458 g/mol. The molecule has 0 aliphatic rings. The first-order valence-corrected chi connectivity index (χ1v) is 11.2. The highest BCUT2D eigenvalue weighted by molar-refractivity contribution is 7.94. The summed E-state index contributed by atoms with van der Waals surface area (Å²) in [5, 5.41) is 23.0. The molecular weight excluding hydrogens is 448 g/mol. The Bertz CT molecular complexity index is 1490. The van der Waals surface area contributed by atoms with Crippen molar-refractivity contribution in [1.29, 1.82) is 0 Å². The standard InChI is InChI=1S/C16H10O10S3/c17-11-5-9-12(27-26-25-18)3-1-8-14(29(22,23)24)6-10-13(28(19,20)21)4-2-7(11)15(10)16(8)9/h1-6,17-18H,(H,19,20,21)(H,22,23,24). The second-order valence-electron chi connectivity index (χ2n) is 6.01. The zero-order chi connectivity index (χ0) is 21.1. The quantitative estimate of drug-likeness (QED) is 0.114. The molecular formula is C16H10O10S3. The SMILES string of the molecule is O=S(=O)(O)c1ccc2c(O)cc3c(SOOO)ccc4c(S(=O)(=O)O)cc1c2c34. The van der Waals surface area contributed by atoms with E-state index in [1.807, 2.05) is 0 Å². The molecule has 0 fully saturated rings. The van der Waals surface area contributed by atoms with E-state index in [2.05, 4.69) is 9.37 Å². The van der Waals surface area contributed by atoms with Crippen LogP contribution in [0.4, 0.5) is 0 Å². The largest absolute Gasteiger partial charge is 0.507 e. The van der Waals surface area contributed by atoms with Crippen molar-refractivity contribution in [3.63, 3.8) is 0 Å². The summed E-state index contributed by atoms with van der Waals surface area (Å²) in [7, 11) is -9.56. The van der Waals surface area contributed by atoms with Gasteiger partial charge in [0.1, 0.15) is 15.5 Å². The first kappa shape index (κ1) is 20.1. The van der Waals surface area contributed by atoms with Gasteiger partial charge in [0, 0.05) is 37.2 Å². The number of aromatic hydroxyl groups is 1. The summed E-state index contributed by atoms with van der Waals surface area (Å²) in [6.07, 6.45) is 0. The maximum Gasteiger partial charge on any atom is 0.295 e. The van der Waals surface area contributed by atoms with E-state index in [9.17, 15) is 31.0 Å². The van der Waals surface area contributed by atoms with Crippen molar-refractivity contribution in [3.05, 3.63) is 36.4 Å². The summed E-state index contributed by atoms with van der Waals surface area (Å²) < 4.78 is 71.3. The smallest absolute Gasteiger partial charge is 0.295 e. The van der Waals surface area contributed by atoms with Gasteiger partial charge in [-0.3, -0.25) is 9.11 Å². The van der Waals surface area contributed by atoms with Crippen LogP contribution in [-0.2, 0) is 29.6 Å². The van der Waals surface area contributed by atoms with Gasteiger partial charge in [-0.15, -0.1) is 4.33 Å². The first-order chi connectivity index (χ1) is 13.5. The first-order valence-electron chi connectivity index (χ1n) is 7.61. The number of hydrogen-bond donors (Lipinski definition) is 4. The maximum atomic E-state index is 12.0. The Morgan fingerprint density at radius 3 is 2.00 bits per heavy atom. The number of rotatable bonds is 5. The van der Waals surface area contributed by atoms with E-state index < -0.39 is 30.0 Å². The molecule has 4 N–H and O–H groups in total. The third-order valence-electron chi connectivity index (χ3n) is 4.47. The number of hydrogen-bond acceptors (Lipinski definition) is 9. The second kappa shape index (κ2) is 6.65. The zero-order valence-electron chi connectivity index (χ0n) is 13.9. The van der Waals surface area contributed by atoms with Crippen LogP contribution in [0, 0.1) is 0 Å². The van der Waals surface area contributed by atoms with Crippen molar-refractivity contribution in [1.82, 2.24) is 0 Å². The van der Waals surface area contributed by atoms with Crippen molar-refractivity contribution in [3.8, 4) is 5.75 Å². The van der Waals surface area contributed by atoms with E-state index >= 15 is 0 Å². The van der Waals surface area contributed by atoms with Crippen LogP contribution in [0.15, 0.2) is 51.1 Å². The van der Waals surface area contributed by atoms with E-state index in [-0.39, 0.29) is 43.0 Å². The molecule has 152 valence electrons. The van der Waals surface area contributed by atoms with Crippen LogP contribution in [0.3, 0.4) is 0 Å². The lowest BCUT2D eigenvalue weighted by Crippen LogP contribution is -2.04.